The molecule has 2 aromatic rings. The zero-order chi connectivity index (χ0) is 16.4. The zero-order valence-corrected chi connectivity index (χ0v) is 14.1. The van der Waals surface area contributed by atoms with Gasteiger partial charge in [0.25, 0.3) is 0 Å². The SMILES string of the molecule is CC1=NN(C(=S)c2ccccc2)C(C)(O)C1Cc1ccccc1. The highest BCUT2D eigenvalue weighted by atomic mass is 32.1. The lowest BCUT2D eigenvalue weighted by molar-refractivity contribution is -0.0636. The Bertz CT molecular complexity index is 726. The first kappa shape index (κ1) is 15.8. The van der Waals surface area contributed by atoms with Crippen LogP contribution in [0, 0.1) is 5.92 Å². The fourth-order valence-corrected chi connectivity index (χ4v) is 3.38. The van der Waals surface area contributed by atoms with Gasteiger partial charge in [-0.15, -0.1) is 0 Å². The topological polar surface area (TPSA) is 35.8 Å². The average Bonchev–Trinajstić information content (AvgIpc) is 2.79. The van der Waals surface area contributed by atoms with E-state index in [-0.39, 0.29) is 5.92 Å². The van der Waals surface area contributed by atoms with Crippen molar-refractivity contribution in [2.75, 3.05) is 0 Å². The van der Waals surface area contributed by atoms with Crippen LogP contribution in [0.15, 0.2) is 65.8 Å². The monoisotopic (exact) mass is 324 g/mol. The molecule has 1 aliphatic heterocycles. The van der Waals surface area contributed by atoms with Crippen molar-refractivity contribution in [1.29, 1.82) is 0 Å². The minimum atomic E-state index is -1.13. The van der Waals surface area contributed by atoms with Crippen molar-refractivity contribution in [3.05, 3.63) is 71.8 Å². The average molecular weight is 324 g/mol. The Morgan fingerprint density at radius 3 is 2.30 bits per heavy atom. The second-order valence-electron chi connectivity index (χ2n) is 6.06. The lowest BCUT2D eigenvalue weighted by Crippen LogP contribution is -2.49. The Kier molecular flexibility index (Phi) is 4.28. The van der Waals surface area contributed by atoms with Crippen LogP contribution in [-0.2, 0) is 6.42 Å². The normalized spacial score (nSPS) is 23.7. The molecule has 1 aliphatic rings. The van der Waals surface area contributed by atoms with Crippen molar-refractivity contribution in [2.45, 2.75) is 26.0 Å². The van der Waals surface area contributed by atoms with Crippen LogP contribution in [0.2, 0.25) is 0 Å². The van der Waals surface area contributed by atoms with Crippen molar-refractivity contribution in [3.8, 4) is 0 Å². The summed E-state index contributed by atoms with van der Waals surface area (Å²) in [6, 6.07) is 19.9. The summed E-state index contributed by atoms with van der Waals surface area (Å²) in [6.45, 7) is 3.74. The Morgan fingerprint density at radius 2 is 1.70 bits per heavy atom. The fourth-order valence-electron chi connectivity index (χ4n) is 3.02. The van der Waals surface area contributed by atoms with Crippen molar-refractivity contribution in [2.24, 2.45) is 11.0 Å². The molecule has 0 aromatic heterocycles. The van der Waals surface area contributed by atoms with E-state index in [2.05, 4.69) is 17.2 Å². The number of hydrogen-bond acceptors (Lipinski definition) is 3. The smallest absolute Gasteiger partial charge is 0.165 e. The molecule has 2 aromatic carbocycles. The molecule has 0 spiro atoms. The molecule has 1 N–H and O–H groups in total. The number of hydrogen-bond donors (Lipinski definition) is 1. The van der Waals surface area contributed by atoms with Crippen LogP contribution in [0.5, 0.6) is 0 Å². The quantitative estimate of drug-likeness (QED) is 0.876. The van der Waals surface area contributed by atoms with Gasteiger partial charge in [0.15, 0.2) is 5.72 Å². The molecule has 1 heterocycles. The van der Waals surface area contributed by atoms with Gasteiger partial charge in [0.1, 0.15) is 4.99 Å². The van der Waals surface area contributed by atoms with Crippen LogP contribution in [0.1, 0.15) is 25.0 Å². The van der Waals surface area contributed by atoms with Gasteiger partial charge >= 0.3 is 0 Å². The van der Waals surface area contributed by atoms with Crippen LogP contribution in [0.3, 0.4) is 0 Å². The molecule has 0 radical (unpaired) electrons. The minimum absolute atomic E-state index is 0.0911. The maximum atomic E-state index is 11.1. The third kappa shape index (κ3) is 3.05. The van der Waals surface area contributed by atoms with Gasteiger partial charge in [-0.3, -0.25) is 0 Å². The summed E-state index contributed by atoms with van der Waals surface area (Å²) < 4.78 is 0. The summed E-state index contributed by atoms with van der Waals surface area (Å²) in [7, 11) is 0. The highest BCUT2D eigenvalue weighted by Crippen LogP contribution is 2.34. The van der Waals surface area contributed by atoms with Gasteiger partial charge in [0.05, 0.1) is 5.92 Å². The molecule has 2 unspecified atom stereocenters. The second-order valence-corrected chi connectivity index (χ2v) is 6.45. The van der Waals surface area contributed by atoms with Crippen LogP contribution in [0.25, 0.3) is 0 Å². The molecule has 2 atom stereocenters. The lowest BCUT2D eigenvalue weighted by Gasteiger charge is -2.34. The van der Waals surface area contributed by atoms with Gasteiger partial charge in [-0.1, -0.05) is 72.9 Å². The fraction of sp³-hybridized carbons (Fsp3) is 0.263. The number of aliphatic hydroxyl groups is 1. The van der Waals surface area contributed by atoms with Gasteiger partial charge in [-0.25, -0.2) is 5.01 Å². The van der Waals surface area contributed by atoms with Gasteiger partial charge in [-0.2, -0.15) is 5.10 Å². The van der Waals surface area contributed by atoms with E-state index >= 15 is 0 Å². The molecular formula is C19H20N2OS. The van der Waals surface area contributed by atoms with Crippen molar-refractivity contribution in [3.63, 3.8) is 0 Å². The Balaban J connectivity index is 1.86. The molecule has 4 heteroatoms. The van der Waals surface area contributed by atoms with Crippen LogP contribution in [-0.4, -0.2) is 26.5 Å². The zero-order valence-electron chi connectivity index (χ0n) is 13.3. The van der Waals surface area contributed by atoms with E-state index in [1.165, 1.54) is 5.56 Å². The van der Waals surface area contributed by atoms with E-state index in [1.54, 1.807) is 11.9 Å². The van der Waals surface area contributed by atoms with Crippen LogP contribution >= 0.6 is 12.2 Å². The minimum Gasteiger partial charge on any atom is -0.369 e. The lowest BCUT2D eigenvalue weighted by atomic mass is 9.87. The number of hydrazone groups is 1. The molecule has 0 fully saturated rings. The first-order chi connectivity index (χ1) is 11.0. The first-order valence-corrected chi connectivity index (χ1v) is 8.12. The summed E-state index contributed by atoms with van der Waals surface area (Å²) in [6.07, 6.45) is 0.733. The Hall–Kier alpha value is -2.04. The van der Waals surface area contributed by atoms with Crippen molar-refractivity contribution in [1.82, 2.24) is 5.01 Å². The van der Waals surface area contributed by atoms with Gasteiger partial charge in [0, 0.05) is 11.3 Å². The third-order valence-corrected chi connectivity index (χ3v) is 4.76. The molecule has 0 aliphatic carbocycles. The van der Waals surface area contributed by atoms with Crippen molar-refractivity contribution >= 4 is 22.9 Å². The maximum Gasteiger partial charge on any atom is 0.165 e. The molecule has 3 nitrogen and oxygen atoms in total. The molecule has 0 saturated heterocycles. The number of thiocarbonyl (C=S) groups is 1. The molecule has 0 bridgehead atoms. The van der Waals surface area contributed by atoms with Gasteiger partial charge < -0.3 is 5.11 Å². The summed E-state index contributed by atoms with van der Waals surface area (Å²) in [4.78, 5) is 0.547. The standard InChI is InChI=1S/C19H20N2OS/c1-14-17(13-15-9-5-3-6-10-15)19(2,22)21(20-14)18(23)16-11-7-4-8-12-16/h3-12,17,22H,13H2,1-2H3. The number of benzene rings is 2. The highest BCUT2D eigenvalue weighted by Gasteiger charge is 2.46. The maximum absolute atomic E-state index is 11.1. The van der Waals surface area contributed by atoms with Crippen molar-refractivity contribution < 1.29 is 5.11 Å². The number of rotatable bonds is 3. The van der Waals surface area contributed by atoms with E-state index in [9.17, 15) is 5.11 Å². The molecule has 0 saturated carbocycles. The number of nitrogens with zero attached hydrogens (tertiary/aromatic N) is 2. The Labute approximate surface area is 142 Å². The van der Waals surface area contributed by atoms with Gasteiger partial charge in [-0.05, 0) is 25.8 Å². The third-order valence-electron chi connectivity index (χ3n) is 4.35. The van der Waals surface area contributed by atoms with E-state index in [4.69, 9.17) is 12.2 Å². The summed E-state index contributed by atoms with van der Waals surface area (Å²) >= 11 is 5.56. The van der Waals surface area contributed by atoms with Gasteiger partial charge in [0.2, 0.25) is 0 Å². The van der Waals surface area contributed by atoms with E-state index < -0.39 is 5.72 Å². The Morgan fingerprint density at radius 1 is 1.13 bits per heavy atom. The van der Waals surface area contributed by atoms with Crippen LogP contribution in [0.4, 0.5) is 0 Å². The molecule has 118 valence electrons. The predicted molar refractivity (Wildman–Crippen MR) is 97.3 cm³/mol. The second kappa shape index (κ2) is 6.22. The molecule has 0 amide bonds. The highest BCUT2D eigenvalue weighted by molar-refractivity contribution is 7.80. The summed E-state index contributed by atoms with van der Waals surface area (Å²) in [5.74, 6) is -0.0911. The molecule has 3 rings (SSSR count). The first-order valence-electron chi connectivity index (χ1n) is 7.71. The van der Waals surface area contributed by atoms with E-state index in [0.717, 1.165) is 17.7 Å². The largest absolute Gasteiger partial charge is 0.369 e. The summed E-state index contributed by atoms with van der Waals surface area (Å²) in [5.41, 5.74) is 1.84. The predicted octanol–water partition coefficient (Wildman–Crippen LogP) is 3.62. The van der Waals surface area contributed by atoms with E-state index in [1.807, 2.05) is 55.5 Å². The molecule has 23 heavy (non-hydrogen) atoms. The van der Waals surface area contributed by atoms with E-state index in [0.29, 0.717) is 4.99 Å². The summed E-state index contributed by atoms with van der Waals surface area (Å²) in [5, 5.41) is 17.2. The van der Waals surface area contributed by atoms with Crippen LogP contribution < -0.4 is 0 Å². The molecular weight excluding hydrogens is 304 g/mol.